The van der Waals surface area contributed by atoms with Crippen molar-refractivity contribution in [3.63, 3.8) is 0 Å². The van der Waals surface area contributed by atoms with Gasteiger partial charge in [0.25, 0.3) is 5.56 Å². The van der Waals surface area contributed by atoms with Crippen LogP contribution in [-0.2, 0) is 0 Å². The van der Waals surface area contributed by atoms with Gasteiger partial charge in [0.15, 0.2) is 0 Å². The number of rotatable bonds is 2. The Hall–Kier alpha value is -3.27. The molecule has 23 heavy (non-hydrogen) atoms. The minimum Gasteiger partial charge on any atom is -0.268 e. The first-order valence-electron chi connectivity index (χ1n) is 7.32. The van der Waals surface area contributed by atoms with Crippen LogP contribution in [-0.4, -0.2) is 14.5 Å². The smallest absolute Gasteiger partial charge is 0.266 e. The molecule has 0 saturated carbocycles. The van der Waals surface area contributed by atoms with Crippen molar-refractivity contribution in [1.29, 1.82) is 0 Å². The van der Waals surface area contributed by atoms with E-state index in [2.05, 4.69) is 4.98 Å². The summed E-state index contributed by atoms with van der Waals surface area (Å²) in [5, 5.41) is 0.606. The minimum atomic E-state index is -0.0754. The average Bonchev–Trinajstić information content (AvgIpc) is 2.63. The highest BCUT2D eigenvalue weighted by atomic mass is 16.1. The number of para-hydroxylation sites is 2. The molecule has 4 heteroatoms. The fraction of sp³-hybridized carbons (Fsp3) is 0. The van der Waals surface area contributed by atoms with Crippen molar-refractivity contribution in [1.82, 2.24) is 14.5 Å². The number of fused-ring (bicyclic) bond motifs is 1. The van der Waals surface area contributed by atoms with Gasteiger partial charge in [0.1, 0.15) is 5.82 Å². The molecule has 2 aromatic carbocycles. The summed E-state index contributed by atoms with van der Waals surface area (Å²) in [4.78, 5) is 21.8. The first-order chi connectivity index (χ1) is 11.3. The summed E-state index contributed by atoms with van der Waals surface area (Å²) < 4.78 is 1.65. The van der Waals surface area contributed by atoms with Crippen molar-refractivity contribution in [2.45, 2.75) is 0 Å². The molecule has 0 aliphatic carbocycles. The second-order valence-corrected chi connectivity index (χ2v) is 5.16. The Balaban J connectivity index is 2.14. The standard InChI is InChI=1S/C19H13N3O/c23-19-16-8-4-5-9-17(16)21-18(14-10-12-20-13-11-14)22(19)15-6-2-1-3-7-15/h1-13H. The molecule has 0 atom stereocenters. The van der Waals surface area contributed by atoms with E-state index in [9.17, 15) is 4.79 Å². The van der Waals surface area contributed by atoms with Gasteiger partial charge in [0.2, 0.25) is 0 Å². The zero-order valence-electron chi connectivity index (χ0n) is 12.3. The van der Waals surface area contributed by atoms with Crippen LogP contribution in [0.4, 0.5) is 0 Å². The van der Waals surface area contributed by atoms with E-state index in [1.807, 2.05) is 60.7 Å². The van der Waals surface area contributed by atoms with E-state index in [1.165, 1.54) is 0 Å². The van der Waals surface area contributed by atoms with Crippen LogP contribution in [0, 0.1) is 0 Å². The lowest BCUT2D eigenvalue weighted by Crippen LogP contribution is -2.21. The summed E-state index contributed by atoms with van der Waals surface area (Å²) in [5.41, 5.74) is 2.26. The van der Waals surface area contributed by atoms with Crippen molar-refractivity contribution in [2.24, 2.45) is 0 Å². The van der Waals surface area contributed by atoms with Crippen LogP contribution in [0.3, 0.4) is 0 Å². The Bertz CT molecular complexity index is 1020. The third-order valence-electron chi connectivity index (χ3n) is 3.73. The summed E-state index contributed by atoms with van der Waals surface area (Å²) in [5.74, 6) is 0.613. The van der Waals surface area contributed by atoms with E-state index in [0.29, 0.717) is 16.7 Å². The molecule has 0 radical (unpaired) electrons. The number of hydrogen-bond donors (Lipinski definition) is 0. The number of nitrogens with zero attached hydrogens (tertiary/aromatic N) is 3. The lowest BCUT2D eigenvalue weighted by molar-refractivity contribution is 0.975. The van der Waals surface area contributed by atoms with E-state index in [1.54, 1.807) is 23.0 Å². The highest BCUT2D eigenvalue weighted by Crippen LogP contribution is 2.21. The maximum atomic E-state index is 13.0. The highest BCUT2D eigenvalue weighted by molar-refractivity contribution is 5.80. The highest BCUT2D eigenvalue weighted by Gasteiger charge is 2.13. The number of pyridine rings is 1. The molecule has 0 saturated heterocycles. The van der Waals surface area contributed by atoms with E-state index >= 15 is 0 Å². The second kappa shape index (κ2) is 5.50. The topological polar surface area (TPSA) is 47.8 Å². The van der Waals surface area contributed by atoms with Gasteiger partial charge in [-0.2, -0.15) is 0 Å². The van der Waals surface area contributed by atoms with Gasteiger partial charge < -0.3 is 0 Å². The lowest BCUT2D eigenvalue weighted by atomic mass is 10.2. The van der Waals surface area contributed by atoms with Crippen molar-refractivity contribution in [3.8, 4) is 17.1 Å². The molecule has 0 aliphatic rings. The summed E-state index contributed by atoms with van der Waals surface area (Å²) in [6.07, 6.45) is 3.40. The van der Waals surface area contributed by atoms with Gasteiger partial charge in [-0.1, -0.05) is 30.3 Å². The summed E-state index contributed by atoms with van der Waals surface area (Å²) in [7, 11) is 0. The van der Waals surface area contributed by atoms with Gasteiger partial charge in [-0.05, 0) is 36.4 Å². The van der Waals surface area contributed by atoms with E-state index < -0.39 is 0 Å². The Kier molecular flexibility index (Phi) is 3.20. The van der Waals surface area contributed by atoms with Crippen LogP contribution in [0.1, 0.15) is 0 Å². The molecule has 0 aliphatic heterocycles. The van der Waals surface area contributed by atoms with E-state index in [0.717, 1.165) is 11.3 Å². The molecule has 110 valence electrons. The van der Waals surface area contributed by atoms with Crippen LogP contribution in [0.25, 0.3) is 28.0 Å². The molecule has 2 aromatic heterocycles. The maximum absolute atomic E-state index is 13.0. The van der Waals surface area contributed by atoms with Crippen LogP contribution in [0.15, 0.2) is 83.9 Å². The molecule has 0 fully saturated rings. The summed E-state index contributed by atoms with van der Waals surface area (Å²) in [6.45, 7) is 0. The number of aromatic nitrogens is 3. The molecule has 0 unspecified atom stereocenters. The van der Waals surface area contributed by atoms with E-state index in [-0.39, 0.29) is 5.56 Å². The molecule has 0 N–H and O–H groups in total. The Morgan fingerprint density at radius 2 is 1.48 bits per heavy atom. The average molecular weight is 299 g/mol. The third-order valence-corrected chi connectivity index (χ3v) is 3.73. The minimum absolute atomic E-state index is 0.0754. The summed E-state index contributed by atoms with van der Waals surface area (Å²) >= 11 is 0. The molecule has 0 spiro atoms. The number of hydrogen-bond acceptors (Lipinski definition) is 3. The van der Waals surface area contributed by atoms with Crippen molar-refractivity contribution in [3.05, 3.63) is 89.5 Å². The fourth-order valence-corrected chi connectivity index (χ4v) is 2.64. The van der Waals surface area contributed by atoms with Gasteiger partial charge >= 0.3 is 0 Å². The second-order valence-electron chi connectivity index (χ2n) is 5.16. The molecule has 0 bridgehead atoms. The monoisotopic (exact) mass is 299 g/mol. The molecular weight excluding hydrogens is 286 g/mol. The first-order valence-corrected chi connectivity index (χ1v) is 7.32. The Labute approximate surface area is 132 Å². The van der Waals surface area contributed by atoms with Crippen LogP contribution >= 0.6 is 0 Å². The Morgan fingerprint density at radius 1 is 0.783 bits per heavy atom. The third kappa shape index (κ3) is 2.30. The van der Waals surface area contributed by atoms with Crippen molar-refractivity contribution >= 4 is 10.9 Å². The van der Waals surface area contributed by atoms with Crippen molar-refractivity contribution < 1.29 is 0 Å². The molecule has 0 amide bonds. The van der Waals surface area contributed by atoms with E-state index in [4.69, 9.17) is 4.98 Å². The normalized spacial score (nSPS) is 10.8. The SMILES string of the molecule is O=c1c2ccccc2nc(-c2ccncc2)n1-c1ccccc1. The maximum Gasteiger partial charge on any atom is 0.266 e. The quantitative estimate of drug-likeness (QED) is 0.569. The lowest BCUT2D eigenvalue weighted by Gasteiger charge is -2.13. The molecule has 2 heterocycles. The van der Waals surface area contributed by atoms with Crippen LogP contribution in [0.2, 0.25) is 0 Å². The number of benzene rings is 2. The zero-order chi connectivity index (χ0) is 15.6. The van der Waals surface area contributed by atoms with Crippen LogP contribution < -0.4 is 5.56 Å². The predicted octanol–water partition coefficient (Wildman–Crippen LogP) is 3.45. The molecular formula is C19H13N3O. The zero-order valence-corrected chi connectivity index (χ0v) is 12.3. The molecule has 4 nitrogen and oxygen atoms in total. The summed E-state index contributed by atoms with van der Waals surface area (Å²) in [6, 6.07) is 20.7. The van der Waals surface area contributed by atoms with Crippen LogP contribution in [0.5, 0.6) is 0 Å². The first kappa shape index (κ1) is 13.4. The van der Waals surface area contributed by atoms with Gasteiger partial charge in [-0.3, -0.25) is 14.3 Å². The van der Waals surface area contributed by atoms with Crippen molar-refractivity contribution in [2.75, 3.05) is 0 Å². The fourth-order valence-electron chi connectivity index (χ4n) is 2.64. The van der Waals surface area contributed by atoms with Gasteiger partial charge in [-0.15, -0.1) is 0 Å². The Morgan fingerprint density at radius 3 is 2.26 bits per heavy atom. The van der Waals surface area contributed by atoms with Gasteiger partial charge in [0.05, 0.1) is 16.6 Å². The van der Waals surface area contributed by atoms with Gasteiger partial charge in [0, 0.05) is 18.0 Å². The molecule has 4 rings (SSSR count). The predicted molar refractivity (Wildman–Crippen MR) is 90.6 cm³/mol. The van der Waals surface area contributed by atoms with Gasteiger partial charge in [-0.25, -0.2) is 4.98 Å². The molecule has 4 aromatic rings. The largest absolute Gasteiger partial charge is 0.268 e.